The molecule has 1 aliphatic heterocycles. The minimum Gasteiger partial charge on any atom is -0.354 e. The predicted molar refractivity (Wildman–Crippen MR) is 106 cm³/mol. The van der Waals surface area contributed by atoms with Crippen LogP contribution in [0.1, 0.15) is 24.5 Å². The van der Waals surface area contributed by atoms with Gasteiger partial charge in [-0.2, -0.15) is 5.26 Å². The zero-order valence-corrected chi connectivity index (χ0v) is 15.8. The number of likely N-dealkylation sites (tertiary alicyclic amines) is 1. The molecule has 1 fully saturated rings. The maximum absolute atomic E-state index is 8.96. The van der Waals surface area contributed by atoms with Crippen LogP contribution in [0.25, 0.3) is 11.0 Å². The van der Waals surface area contributed by atoms with Gasteiger partial charge in [-0.05, 0) is 42.6 Å². The molecule has 0 amide bonds. The average Bonchev–Trinajstić information content (AvgIpc) is 3.18. The lowest BCUT2D eigenvalue weighted by molar-refractivity contribution is 0.159. The number of piperidine rings is 1. The smallest absolute Gasteiger partial charge is 0.142 e. The van der Waals surface area contributed by atoms with Crippen molar-refractivity contribution in [1.82, 2.24) is 19.9 Å². The van der Waals surface area contributed by atoms with Gasteiger partial charge in [0, 0.05) is 32.4 Å². The molecular weight excluding hydrogens is 336 g/mol. The van der Waals surface area contributed by atoms with Crippen LogP contribution in [0.15, 0.2) is 42.9 Å². The lowest BCUT2D eigenvalue weighted by atomic mass is 9.92. The first-order valence-corrected chi connectivity index (χ1v) is 9.38. The van der Waals surface area contributed by atoms with E-state index in [-0.39, 0.29) is 0 Å². The highest BCUT2D eigenvalue weighted by Crippen LogP contribution is 2.29. The lowest BCUT2D eigenvalue weighted by Gasteiger charge is -2.42. The van der Waals surface area contributed by atoms with E-state index in [1.54, 1.807) is 6.33 Å². The summed E-state index contributed by atoms with van der Waals surface area (Å²) in [6, 6.07) is 12.5. The molecule has 0 bridgehead atoms. The Hall–Kier alpha value is -2.91. The zero-order valence-electron chi connectivity index (χ0n) is 15.8. The number of aromatic nitrogens is 3. The normalized spacial score (nSPS) is 20.5. The molecule has 0 spiro atoms. The van der Waals surface area contributed by atoms with Crippen LogP contribution in [0.3, 0.4) is 0 Å². The molecule has 27 heavy (non-hydrogen) atoms. The maximum Gasteiger partial charge on any atom is 0.142 e. The summed E-state index contributed by atoms with van der Waals surface area (Å²) in [4.78, 5) is 16.8. The van der Waals surface area contributed by atoms with Crippen LogP contribution >= 0.6 is 0 Å². The summed E-state index contributed by atoms with van der Waals surface area (Å²) < 4.78 is 0. The second-order valence-electron chi connectivity index (χ2n) is 7.43. The van der Waals surface area contributed by atoms with Crippen molar-refractivity contribution in [3.8, 4) is 6.07 Å². The summed E-state index contributed by atoms with van der Waals surface area (Å²) in [5.74, 6) is 1.58. The predicted octanol–water partition coefficient (Wildman–Crippen LogP) is 3.18. The van der Waals surface area contributed by atoms with Crippen LogP contribution in [0.4, 0.5) is 5.82 Å². The van der Waals surface area contributed by atoms with Crippen molar-refractivity contribution in [3.05, 3.63) is 54.0 Å². The quantitative estimate of drug-likeness (QED) is 0.774. The molecule has 1 saturated heterocycles. The fourth-order valence-electron chi connectivity index (χ4n) is 4.00. The number of H-pyrrole nitrogens is 1. The minimum absolute atomic E-state index is 0.394. The highest BCUT2D eigenvalue weighted by Gasteiger charge is 2.30. The monoisotopic (exact) mass is 360 g/mol. The molecule has 6 heteroatoms. The van der Waals surface area contributed by atoms with Gasteiger partial charge in [-0.3, -0.25) is 4.90 Å². The van der Waals surface area contributed by atoms with E-state index in [0.29, 0.717) is 17.5 Å². The Morgan fingerprint density at radius 2 is 2.07 bits per heavy atom. The van der Waals surface area contributed by atoms with E-state index in [0.717, 1.165) is 42.9 Å². The van der Waals surface area contributed by atoms with Crippen molar-refractivity contribution in [2.24, 2.45) is 5.92 Å². The minimum atomic E-state index is 0.394. The van der Waals surface area contributed by atoms with Crippen molar-refractivity contribution in [3.63, 3.8) is 0 Å². The third-order valence-electron chi connectivity index (χ3n) is 5.66. The first kappa shape index (κ1) is 17.5. The second-order valence-corrected chi connectivity index (χ2v) is 7.43. The fourth-order valence-corrected chi connectivity index (χ4v) is 4.00. The van der Waals surface area contributed by atoms with Crippen molar-refractivity contribution in [2.45, 2.75) is 25.9 Å². The summed E-state index contributed by atoms with van der Waals surface area (Å²) in [5.41, 5.74) is 2.84. The van der Waals surface area contributed by atoms with Crippen LogP contribution in [0.2, 0.25) is 0 Å². The number of benzene rings is 1. The summed E-state index contributed by atoms with van der Waals surface area (Å²) in [6.07, 6.45) is 4.71. The Labute approximate surface area is 159 Å². The van der Waals surface area contributed by atoms with Crippen LogP contribution < -0.4 is 4.90 Å². The van der Waals surface area contributed by atoms with Crippen LogP contribution in [0.5, 0.6) is 0 Å². The summed E-state index contributed by atoms with van der Waals surface area (Å²) >= 11 is 0. The number of hydrogen-bond acceptors (Lipinski definition) is 5. The van der Waals surface area contributed by atoms with Gasteiger partial charge in [0.05, 0.1) is 17.0 Å². The van der Waals surface area contributed by atoms with Crippen LogP contribution in [-0.2, 0) is 6.54 Å². The first-order chi connectivity index (χ1) is 13.2. The van der Waals surface area contributed by atoms with E-state index >= 15 is 0 Å². The van der Waals surface area contributed by atoms with E-state index in [1.165, 1.54) is 5.56 Å². The molecule has 6 nitrogen and oxygen atoms in total. The molecule has 0 aliphatic carbocycles. The molecule has 4 rings (SSSR count). The Bertz CT molecular complexity index is 955. The standard InChI is InChI=1S/C21H24N6/c1-15-8-10-27(12-17-5-3-16(11-22)4-6-17)13-19(15)26(2)21-18-7-9-23-20(18)24-14-25-21/h3-7,9,14-15,19H,8,10,12-13H2,1-2H3,(H,23,24,25). The molecule has 0 saturated carbocycles. The number of nitriles is 1. The molecule has 3 aromatic rings. The first-order valence-electron chi connectivity index (χ1n) is 9.38. The van der Waals surface area contributed by atoms with Gasteiger partial charge in [-0.25, -0.2) is 9.97 Å². The van der Waals surface area contributed by atoms with Gasteiger partial charge in [0.25, 0.3) is 0 Å². The third-order valence-corrected chi connectivity index (χ3v) is 5.66. The Kier molecular flexibility index (Phi) is 4.78. The average molecular weight is 360 g/mol. The Morgan fingerprint density at radius 3 is 2.85 bits per heavy atom. The van der Waals surface area contributed by atoms with Gasteiger partial charge in [-0.15, -0.1) is 0 Å². The SMILES string of the molecule is CC1CCN(Cc2ccc(C#N)cc2)CC1N(C)c1ncnc2[nH]ccc12. The number of nitrogens with one attached hydrogen (secondary N) is 1. The molecule has 2 atom stereocenters. The number of likely N-dealkylation sites (N-methyl/N-ethyl adjacent to an activating group) is 1. The summed E-state index contributed by atoms with van der Waals surface area (Å²) in [6.45, 7) is 5.32. The van der Waals surface area contributed by atoms with Crippen LogP contribution in [0, 0.1) is 17.2 Å². The van der Waals surface area contributed by atoms with Crippen molar-refractivity contribution >= 4 is 16.9 Å². The second kappa shape index (κ2) is 7.37. The molecule has 3 heterocycles. The highest BCUT2D eigenvalue weighted by molar-refractivity contribution is 5.87. The molecule has 2 aromatic heterocycles. The summed E-state index contributed by atoms with van der Waals surface area (Å²) in [5, 5.41) is 10.0. The number of nitrogens with zero attached hydrogens (tertiary/aromatic N) is 5. The number of aromatic amines is 1. The van der Waals surface area contributed by atoms with E-state index in [9.17, 15) is 0 Å². The Morgan fingerprint density at radius 1 is 1.26 bits per heavy atom. The third kappa shape index (κ3) is 3.51. The van der Waals surface area contributed by atoms with Gasteiger partial charge in [0.15, 0.2) is 0 Å². The summed E-state index contributed by atoms with van der Waals surface area (Å²) in [7, 11) is 2.14. The van der Waals surface area contributed by atoms with Crippen molar-refractivity contribution in [1.29, 1.82) is 5.26 Å². The molecule has 0 radical (unpaired) electrons. The molecular formula is C21H24N6. The number of anilines is 1. The van der Waals surface area contributed by atoms with Gasteiger partial charge < -0.3 is 9.88 Å². The molecule has 1 aromatic carbocycles. The number of fused-ring (bicyclic) bond motifs is 1. The Balaban J connectivity index is 1.51. The van der Waals surface area contributed by atoms with E-state index in [2.05, 4.69) is 56.9 Å². The lowest BCUT2D eigenvalue weighted by Crippen LogP contribution is -2.50. The molecule has 138 valence electrons. The molecule has 1 aliphatic rings. The van der Waals surface area contributed by atoms with Crippen LogP contribution in [-0.4, -0.2) is 46.0 Å². The van der Waals surface area contributed by atoms with Gasteiger partial charge in [0.1, 0.15) is 17.8 Å². The van der Waals surface area contributed by atoms with Gasteiger partial charge in [-0.1, -0.05) is 19.1 Å². The van der Waals surface area contributed by atoms with Crippen molar-refractivity contribution in [2.75, 3.05) is 25.0 Å². The van der Waals surface area contributed by atoms with E-state index in [1.807, 2.05) is 24.4 Å². The van der Waals surface area contributed by atoms with E-state index < -0.39 is 0 Å². The van der Waals surface area contributed by atoms with Gasteiger partial charge >= 0.3 is 0 Å². The molecule has 1 N–H and O–H groups in total. The van der Waals surface area contributed by atoms with E-state index in [4.69, 9.17) is 5.26 Å². The topological polar surface area (TPSA) is 71.8 Å². The fraction of sp³-hybridized carbons (Fsp3) is 0.381. The number of rotatable bonds is 4. The van der Waals surface area contributed by atoms with Gasteiger partial charge in [0.2, 0.25) is 0 Å². The van der Waals surface area contributed by atoms with Crippen molar-refractivity contribution < 1.29 is 0 Å². The zero-order chi connectivity index (χ0) is 18.8. The number of hydrogen-bond donors (Lipinski definition) is 1. The largest absolute Gasteiger partial charge is 0.354 e. The highest BCUT2D eigenvalue weighted by atomic mass is 15.3. The molecule has 2 unspecified atom stereocenters. The maximum atomic E-state index is 8.96.